The Morgan fingerprint density at radius 3 is 2.32 bits per heavy atom. The van der Waals surface area contributed by atoms with Gasteiger partial charge in [-0.2, -0.15) is 4.89 Å². The van der Waals surface area contributed by atoms with Crippen LogP contribution < -0.4 is 10.0 Å². The number of sulfonamides is 1. The highest BCUT2D eigenvalue weighted by Gasteiger charge is 2.30. The average Bonchev–Trinajstić information content (AvgIpc) is 3.81. The lowest BCUT2D eigenvalue weighted by Gasteiger charge is -2.32. The topological polar surface area (TPSA) is 146 Å². The Balaban J connectivity index is 1.17. The van der Waals surface area contributed by atoms with Gasteiger partial charge in [-0.15, -0.1) is 0 Å². The molecule has 13 heteroatoms. The molecule has 1 amide bonds. The molecule has 1 aliphatic heterocycles. The number of rotatable bonds is 10. The number of nitrogens with zero attached hydrogens (tertiary/aromatic N) is 2. The number of benzene rings is 1. The minimum atomic E-state index is -4.15. The predicted molar refractivity (Wildman–Crippen MR) is 148 cm³/mol. The molecule has 10 nitrogen and oxygen atoms in total. The van der Waals surface area contributed by atoms with Gasteiger partial charge in [0.25, 0.3) is 11.8 Å². The van der Waals surface area contributed by atoms with Crippen molar-refractivity contribution in [1.29, 1.82) is 0 Å². The second-order valence-electron chi connectivity index (χ2n) is 11.3. The highest BCUT2D eigenvalue weighted by Crippen LogP contribution is 2.40. The lowest BCUT2D eigenvalue weighted by Crippen LogP contribution is -2.39. The number of sulfone groups is 1. The fourth-order valence-corrected chi connectivity index (χ4v) is 7.53. The molecule has 3 fully saturated rings. The highest BCUT2D eigenvalue weighted by atomic mass is 32.2. The van der Waals surface area contributed by atoms with E-state index in [-0.39, 0.29) is 23.7 Å². The van der Waals surface area contributed by atoms with Gasteiger partial charge in [-0.05, 0) is 75.1 Å². The zero-order valence-corrected chi connectivity index (χ0v) is 24.5. The Labute approximate surface area is 240 Å². The zero-order valence-electron chi connectivity index (χ0n) is 22.8. The van der Waals surface area contributed by atoms with E-state index in [4.69, 9.17) is 14.9 Å². The van der Waals surface area contributed by atoms with Crippen molar-refractivity contribution in [3.8, 4) is 5.88 Å². The molecule has 5 rings (SSSR count). The molecule has 0 radical (unpaired) electrons. The van der Waals surface area contributed by atoms with E-state index in [2.05, 4.69) is 4.98 Å². The van der Waals surface area contributed by atoms with Crippen molar-refractivity contribution in [2.75, 3.05) is 18.8 Å². The van der Waals surface area contributed by atoms with Crippen LogP contribution in [0.15, 0.2) is 40.1 Å². The van der Waals surface area contributed by atoms with E-state index in [9.17, 15) is 26.0 Å². The van der Waals surface area contributed by atoms with Crippen LogP contribution in [0.4, 0.5) is 4.39 Å². The summed E-state index contributed by atoms with van der Waals surface area (Å²) in [6.45, 7) is 0.938. The molecule has 2 saturated carbocycles. The van der Waals surface area contributed by atoms with Crippen molar-refractivity contribution < 1.29 is 35.8 Å². The van der Waals surface area contributed by atoms with Crippen molar-refractivity contribution in [2.24, 2.45) is 11.1 Å². The monoisotopic (exact) mass is 609 g/mol. The number of hydrogen-bond donors (Lipinski definition) is 1. The first-order valence-electron chi connectivity index (χ1n) is 14.2. The molecular weight excluding hydrogens is 573 g/mol. The van der Waals surface area contributed by atoms with Gasteiger partial charge in [0.1, 0.15) is 16.8 Å². The molecule has 1 aromatic heterocycles. The van der Waals surface area contributed by atoms with E-state index in [1.807, 2.05) is 6.07 Å². The van der Waals surface area contributed by atoms with Crippen LogP contribution in [0.2, 0.25) is 0 Å². The molecule has 0 unspecified atom stereocenters. The lowest BCUT2D eigenvalue weighted by molar-refractivity contribution is -0.253. The summed E-state index contributed by atoms with van der Waals surface area (Å²) in [5.41, 5.74) is 1.34. The molecule has 2 heterocycles. The van der Waals surface area contributed by atoms with Gasteiger partial charge < -0.3 is 9.79 Å². The van der Waals surface area contributed by atoms with E-state index in [0.717, 1.165) is 56.4 Å². The summed E-state index contributed by atoms with van der Waals surface area (Å²) in [6, 6.07) is 6.02. The summed E-state index contributed by atoms with van der Waals surface area (Å²) in [5.74, 6) is -0.885. The van der Waals surface area contributed by atoms with Crippen molar-refractivity contribution in [1.82, 2.24) is 9.88 Å². The number of carbonyl (C=O) groups excluding carboxylic acids is 1. The molecule has 3 aliphatic rings. The second kappa shape index (κ2) is 12.3. The molecule has 2 aliphatic carbocycles. The summed E-state index contributed by atoms with van der Waals surface area (Å²) >= 11 is 0. The van der Waals surface area contributed by atoms with Crippen molar-refractivity contribution in [3.63, 3.8) is 0 Å². The van der Waals surface area contributed by atoms with Gasteiger partial charge in [-0.3, -0.25) is 4.79 Å². The molecule has 0 atom stereocenters. The molecule has 41 heavy (non-hydrogen) atoms. The molecule has 0 bridgehead atoms. The number of hydrogen-bond acceptors (Lipinski definition) is 8. The molecular formula is C28H36FN3O7S2. The molecule has 1 aromatic carbocycles. The minimum Gasteiger partial charge on any atom is -0.339 e. The first kappa shape index (κ1) is 29.9. The summed E-state index contributed by atoms with van der Waals surface area (Å²) in [5, 5.41) is 5.00. The van der Waals surface area contributed by atoms with Crippen LogP contribution in [0.1, 0.15) is 86.2 Å². The van der Waals surface area contributed by atoms with Gasteiger partial charge in [-0.25, -0.2) is 31.3 Å². The lowest BCUT2D eigenvalue weighted by atomic mass is 9.94. The quantitative estimate of drug-likeness (QED) is 0.313. The maximum absolute atomic E-state index is 14.4. The average molecular weight is 610 g/mol. The first-order valence-corrected chi connectivity index (χ1v) is 17.4. The number of primary sulfonamides is 1. The third kappa shape index (κ3) is 7.62. The van der Waals surface area contributed by atoms with Crippen molar-refractivity contribution >= 4 is 25.8 Å². The number of nitrogens with two attached hydrogens (primary N) is 1. The second-order valence-corrected chi connectivity index (χ2v) is 15.0. The van der Waals surface area contributed by atoms with E-state index in [1.54, 1.807) is 11.0 Å². The van der Waals surface area contributed by atoms with E-state index in [1.165, 1.54) is 6.42 Å². The third-order valence-corrected chi connectivity index (χ3v) is 10.8. The van der Waals surface area contributed by atoms with Crippen LogP contribution in [0, 0.1) is 11.7 Å². The molecule has 2 N–H and O–H groups in total. The van der Waals surface area contributed by atoms with Crippen LogP contribution in [0.5, 0.6) is 5.88 Å². The van der Waals surface area contributed by atoms with Crippen molar-refractivity contribution in [2.45, 2.75) is 86.0 Å². The fraction of sp³-hybridized carbons (Fsp3) is 0.571. The summed E-state index contributed by atoms with van der Waals surface area (Å²) < 4.78 is 62.8. The maximum atomic E-state index is 14.4. The Bertz CT molecular complexity index is 1480. The number of likely N-dealkylation sites (tertiary alicyclic amines) is 1. The Morgan fingerprint density at radius 2 is 1.68 bits per heavy atom. The van der Waals surface area contributed by atoms with E-state index in [0.29, 0.717) is 55.8 Å². The number of aromatic nitrogens is 1. The summed E-state index contributed by atoms with van der Waals surface area (Å²) in [4.78, 5) is 29.9. The fourth-order valence-electron chi connectivity index (χ4n) is 5.51. The maximum Gasteiger partial charge on any atom is 0.257 e. The largest absolute Gasteiger partial charge is 0.339 e. The normalized spacial score (nSPS) is 19.3. The number of halogens is 1. The minimum absolute atomic E-state index is 0.0371. The van der Waals surface area contributed by atoms with Crippen LogP contribution in [0.25, 0.3) is 0 Å². The Morgan fingerprint density at radius 1 is 0.976 bits per heavy atom. The predicted octanol–water partition coefficient (Wildman–Crippen LogP) is 4.10. The summed E-state index contributed by atoms with van der Waals surface area (Å²) in [6.07, 6.45) is 8.95. The smallest absolute Gasteiger partial charge is 0.257 e. The standard InChI is InChI=1S/C28H36FN3O7S2/c29-24-18-23(41(30,36)37)8-9-26(24)40(34,35)15-12-19-10-13-32(14-11-19)28(33)21-16-25(20-6-7-20)31-27(17-21)39-38-22-4-2-1-3-5-22/h8-9,16-20,22H,1-7,10-15H2,(H2,30,36,37). The van der Waals surface area contributed by atoms with E-state index < -0.39 is 35.5 Å². The Hall–Kier alpha value is -2.61. The molecule has 0 spiro atoms. The number of amides is 1. The first-order chi connectivity index (χ1) is 19.5. The van der Waals surface area contributed by atoms with Gasteiger partial charge in [0, 0.05) is 36.3 Å². The number of carbonyl (C=O) groups is 1. The Kier molecular flexibility index (Phi) is 8.98. The van der Waals surface area contributed by atoms with Gasteiger partial charge in [0.2, 0.25) is 10.0 Å². The zero-order chi connectivity index (χ0) is 29.2. The molecule has 224 valence electrons. The number of pyridine rings is 1. The molecule has 2 aromatic rings. The summed E-state index contributed by atoms with van der Waals surface area (Å²) in [7, 11) is -8.12. The van der Waals surface area contributed by atoms with Crippen LogP contribution >= 0.6 is 0 Å². The van der Waals surface area contributed by atoms with Crippen molar-refractivity contribution in [3.05, 3.63) is 47.4 Å². The van der Waals surface area contributed by atoms with Gasteiger partial charge >= 0.3 is 0 Å². The third-order valence-electron chi connectivity index (χ3n) is 8.15. The SMILES string of the molecule is NS(=O)(=O)c1ccc(S(=O)(=O)CCC2CCN(C(=O)c3cc(OOC4CCCCC4)nc(C4CC4)c3)CC2)c(F)c1. The number of piperidine rings is 1. The van der Waals surface area contributed by atoms with Crippen LogP contribution in [-0.4, -0.2) is 57.6 Å². The van der Waals surface area contributed by atoms with Crippen LogP contribution in [0.3, 0.4) is 0 Å². The highest BCUT2D eigenvalue weighted by molar-refractivity contribution is 7.91. The van der Waals surface area contributed by atoms with Gasteiger partial charge in [-0.1, -0.05) is 19.3 Å². The van der Waals surface area contributed by atoms with Gasteiger partial charge in [0.05, 0.1) is 10.6 Å². The van der Waals surface area contributed by atoms with Gasteiger partial charge in [0.15, 0.2) is 9.84 Å². The van der Waals surface area contributed by atoms with E-state index >= 15 is 0 Å². The molecule has 1 saturated heterocycles. The van der Waals surface area contributed by atoms with Crippen LogP contribution in [-0.2, 0) is 24.7 Å².